The molecule has 0 radical (unpaired) electrons. The minimum absolute atomic E-state index is 0.0375. The second kappa shape index (κ2) is 9.87. The minimum Gasteiger partial charge on any atom is -0.457 e. The van der Waals surface area contributed by atoms with Crippen LogP contribution < -0.4 is 9.80 Å². The first-order valence-electron chi connectivity index (χ1n) is 11.7. The molecule has 2 amide bonds. The number of non-ortho nitro benzene ring substituents is 1. The first-order chi connectivity index (χ1) is 18.2. The van der Waals surface area contributed by atoms with Crippen molar-refractivity contribution in [3.63, 3.8) is 0 Å². The normalized spacial score (nSPS) is 14.9. The number of carbonyl (C=O) groups excluding carboxylic acids is 2. The molecular weight excluding hydrogens is 502 g/mol. The summed E-state index contributed by atoms with van der Waals surface area (Å²) in [6.07, 6.45) is 1.39. The van der Waals surface area contributed by atoms with E-state index in [2.05, 4.69) is 0 Å². The molecule has 0 aliphatic carbocycles. The van der Waals surface area contributed by atoms with Gasteiger partial charge < -0.3 is 4.42 Å². The maximum Gasteiger partial charge on any atom is 0.270 e. The monoisotopic (exact) mass is 523 g/mol. The Morgan fingerprint density at radius 1 is 0.816 bits per heavy atom. The van der Waals surface area contributed by atoms with E-state index in [1.165, 1.54) is 28.0 Å². The molecule has 1 saturated heterocycles. The summed E-state index contributed by atoms with van der Waals surface area (Å²) >= 11 is 5.67. The zero-order valence-corrected chi connectivity index (χ0v) is 21.3. The Morgan fingerprint density at radius 3 is 2.11 bits per heavy atom. The minimum atomic E-state index is -0.570. The Balaban J connectivity index is 1.57. The molecule has 1 aromatic heterocycles. The number of nitrogens with zero attached hydrogens (tertiary/aromatic N) is 3. The molecule has 0 unspecified atom stereocenters. The van der Waals surface area contributed by atoms with Gasteiger partial charge in [-0.05, 0) is 91.8 Å². The first-order valence-corrected chi connectivity index (χ1v) is 12.1. The molecule has 0 saturated carbocycles. The van der Waals surface area contributed by atoms with Crippen molar-refractivity contribution in [3.8, 4) is 11.3 Å². The molecule has 0 N–H and O–H groups in total. The van der Waals surface area contributed by atoms with Crippen LogP contribution in [0.2, 0.25) is 0 Å². The summed E-state index contributed by atoms with van der Waals surface area (Å²) in [5.74, 6) is -0.428. The number of hydrogen-bond acceptors (Lipinski definition) is 6. The van der Waals surface area contributed by atoms with Gasteiger partial charge in [0.25, 0.3) is 17.5 Å². The van der Waals surface area contributed by atoms with Crippen molar-refractivity contribution in [2.75, 3.05) is 9.80 Å². The molecule has 1 fully saturated rings. The second-order valence-corrected chi connectivity index (χ2v) is 9.10. The predicted molar refractivity (Wildman–Crippen MR) is 149 cm³/mol. The second-order valence-electron chi connectivity index (χ2n) is 8.73. The van der Waals surface area contributed by atoms with E-state index in [0.717, 1.165) is 11.1 Å². The average molecular weight is 524 g/mol. The first kappa shape index (κ1) is 24.8. The van der Waals surface area contributed by atoms with Gasteiger partial charge in [0.1, 0.15) is 17.1 Å². The van der Waals surface area contributed by atoms with Crippen molar-refractivity contribution in [3.05, 3.63) is 118 Å². The fraction of sp³-hybridized carbons (Fsp3) is 0.0690. The van der Waals surface area contributed by atoms with Gasteiger partial charge in [0.2, 0.25) is 0 Å². The van der Waals surface area contributed by atoms with Crippen LogP contribution in [0.25, 0.3) is 17.4 Å². The van der Waals surface area contributed by atoms with Crippen LogP contribution in [0.15, 0.2) is 94.9 Å². The Morgan fingerprint density at radius 2 is 1.47 bits per heavy atom. The fourth-order valence-electron chi connectivity index (χ4n) is 4.10. The lowest BCUT2D eigenvalue weighted by molar-refractivity contribution is -0.384. The van der Waals surface area contributed by atoms with E-state index in [9.17, 15) is 19.7 Å². The molecule has 0 spiro atoms. The van der Waals surface area contributed by atoms with E-state index in [1.807, 2.05) is 32.0 Å². The lowest BCUT2D eigenvalue weighted by Gasteiger charge is -2.36. The van der Waals surface area contributed by atoms with Crippen molar-refractivity contribution < 1.29 is 18.9 Å². The Bertz CT molecular complexity index is 1620. The number of nitro groups is 1. The lowest BCUT2D eigenvalue weighted by atomic mass is 10.1. The van der Waals surface area contributed by atoms with Crippen LogP contribution >= 0.6 is 12.2 Å². The van der Waals surface area contributed by atoms with Crippen LogP contribution in [0, 0.1) is 24.0 Å². The van der Waals surface area contributed by atoms with Gasteiger partial charge in [0.05, 0.1) is 16.3 Å². The van der Waals surface area contributed by atoms with E-state index < -0.39 is 16.7 Å². The highest BCUT2D eigenvalue weighted by Gasteiger charge is 2.41. The number of para-hydroxylation sites is 1. The number of carbonyl (C=O) groups is 2. The highest BCUT2D eigenvalue weighted by Crippen LogP contribution is 2.32. The highest BCUT2D eigenvalue weighted by molar-refractivity contribution is 7.81. The maximum atomic E-state index is 13.7. The van der Waals surface area contributed by atoms with Crippen molar-refractivity contribution >= 4 is 52.3 Å². The van der Waals surface area contributed by atoms with Crippen molar-refractivity contribution in [2.24, 2.45) is 0 Å². The van der Waals surface area contributed by atoms with Crippen molar-refractivity contribution in [2.45, 2.75) is 13.8 Å². The molecule has 4 aromatic rings. The third-order valence-corrected chi connectivity index (χ3v) is 6.65. The molecule has 8 nitrogen and oxygen atoms in total. The van der Waals surface area contributed by atoms with E-state index in [0.29, 0.717) is 22.7 Å². The Hall–Kier alpha value is -4.89. The zero-order chi connectivity index (χ0) is 27.0. The summed E-state index contributed by atoms with van der Waals surface area (Å²) in [6.45, 7) is 3.91. The van der Waals surface area contributed by atoms with Gasteiger partial charge in [-0.2, -0.15) is 0 Å². The Kier molecular flexibility index (Phi) is 6.44. The summed E-state index contributed by atoms with van der Waals surface area (Å²) in [7, 11) is 0. The zero-order valence-electron chi connectivity index (χ0n) is 20.5. The summed E-state index contributed by atoms with van der Waals surface area (Å²) in [5, 5.41) is 11.0. The maximum absolute atomic E-state index is 13.7. The third kappa shape index (κ3) is 4.51. The molecule has 5 rings (SSSR count). The largest absolute Gasteiger partial charge is 0.457 e. The summed E-state index contributed by atoms with van der Waals surface area (Å²) in [4.78, 5) is 40.5. The molecule has 38 heavy (non-hydrogen) atoms. The number of thiocarbonyl (C=S) groups is 1. The summed E-state index contributed by atoms with van der Waals surface area (Å²) < 4.78 is 5.89. The molecule has 3 aromatic carbocycles. The third-order valence-electron chi connectivity index (χ3n) is 6.29. The van der Waals surface area contributed by atoms with E-state index >= 15 is 0 Å². The number of amides is 2. The van der Waals surface area contributed by atoms with Crippen LogP contribution in [0.1, 0.15) is 16.9 Å². The molecule has 1 aliphatic heterocycles. The van der Waals surface area contributed by atoms with Crippen LogP contribution in [0.3, 0.4) is 0 Å². The molecule has 0 atom stereocenters. The SMILES string of the molecule is Cc1ccc(N2C(=O)C(=Cc3ccc(-c4ccc([N+](=O)[O-])cc4)o3)C(=O)N(c3ccccc3)C2=S)cc1C. The molecule has 1 aliphatic rings. The summed E-state index contributed by atoms with van der Waals surface area (Å²) in [5.41, 5.74) is 3.57. The topological polar surface area (TPSA) is 96.9 Å². The number of benzene rings is 3. The predicted octanol–water partition coefficient (Wildman–Crippen LogP) is 6.22. The molecular formula is C29H21N3O5S. The number of anilines is 2. The number of aryl methyl sites for hydroxylation is 2. The van der Waals surface area contributed by atoms with E-state index in [1.54, 1.807) is 54.6 Å². The van der Waals surface area contributed by atoms with Gasteiger partial charge in [0, 0.05) is 17.7 Å². The molecule has 188 valence electrons. The van der Waals surface area contributed by atoms with Crippen LogP contribution in [0.4, 0.5) is 17.1 Å². The summed E-state index contributed by atoms with van der Waals surface area (Å²) in [6, 6.07) is 23.6. The fourth-order valence-corrected chi connectivity index (χ4v) is 4.48. The van der Waals surface area contributed by atoms with Crippen LogP contribution in [-0.4, -0.2) is 21.9 Å². The Labute approximate surface area is 223 Å². The highest BCUT2D eigenvalue weighted by atomic mass is 32.1. The quantitative estimate of drug-likeness (QED) is 0.101. The molecule has 0 bridgehead atoms. The number of rotatable bonds is 5. The number of hydrogen-bond donors (Lipinski definition) is 0. The van der Waals surface area contributed by atoms with Gasteiger partial charge in [-0.3, -0.25) is 29.5 Å². The molecule has 9 heteroatoms. The van der Waals surface area contributed by atoms with Gasteiger partial charge in [0.15, 0.2) is 5.11 Å². The van der Waals surface area contributed by atoms with E-state index in [4.69, 9.17) is 16.6 Å². The number of nitro benzene ring substituents is 1. The number of furan rings is 1. The van der Waals surface area contributed by atoms with Gasteiger partial charge in [-0.1, -0.05) is 24.3 Å². The van der Waals surface area contributed by atoms with Gasteiger partial charge in [-0.25, -0.2) is 0 Å². The van der Waals surface area contributed by atoms with Gasteiger partial charge >= 0.3 is 0 Å². The van der Waals surface area contributed by atoms with Gasteiger partial charge in [-0.15, -0.1) is 0 Å². The van der Waals surface area contributed by atoms with E-state index in [-0.39, 0.29) is 22.1 Å². The standard InChI is InChI=1S/C29H21N3O5S/c1-18-8-11-23(16-19(18)2)31-28(34)25(27(33)30(29(31)38)21-6-4-3-5-7-21)17-24-14-15-26(37-24)20-9-12-22(13-10-20)32(35)36/h3-17H,1-2H3. The lowest BCUT2D eigenvalue weighted by Crippen LogP contribution is -2.57. The average Bonchev–Trinajstić information content (AvgIpc) is 3.38. The molecule has 2 heterocycles. The smallest absolute Gasteiger partial charge is 0.270 e. The van der Waals surface area contributed by atoms with Crippen molar-refractivity contribution in [1.29, 1.82) is 0 Å². The van der Waals surface area contributed by atoms with Crippen LogP contribution in [0.5, 0.6) is 0 Å². The van der Waals surface area contributed by atoms with Crippen molar-refractivity contribution in [1.82, 2.24) is 0 Å². The van der Waals surface area contributed by atoms with Crippen LogP contribution in [-0.2, 0) is 9.59 Å².